The van der Waals surface area contributed by atoms with Crippen LogP contribution in [0.2, 0.25) is 0 Å². The third kappa shape index (κ3) is 4.58. The molecule has 0 saturated carbocycles. The number of piperidine rings is 1. The lowest BCUT2D eigenvalue weighted by Crippen LogP contribution is -2.58. The summed E-state index contributed by atoms with van der Waals surface area (Å²) in [6.07, 6.45) is 1.39. The maximum absolute atomic E-state index is 14.9. The van der Waals surface area contributed by atoms with Gasteiger partial charge in [0.25, 0.3) is 0 Å². The van der Waals surface area contributed by atoms with Crippen molar-refractivity contribution in [2.24, 2.45) is 17.6 Å². The molecule has 13 heteroatoms. The van der Waals surface area contributed by atoms with Crippen molar-refractivity contribution in [2.45, 2.75) is 37.4 Å². The molecule has 0 bridgehead atoms. The molecular weight excluding hydrogens is 450 g/mol. The lowest BCUT2D eigenvalue weighted by Gasteiger charge is -2.36. The van der Waals surface area contributed by atoms with E-state index in [1.54, 1.807) is 5.01 Å². The summed E-state index contributed by atoms with van der Waals surface area (Å²) >= 11 is 0. The van der Waals surface area contributed by atoms with Gasteiger partial charge < -0.3 is 26.0 Å². The van der Waals surface area contributed by atoms with Crippen LogP contribution in [-0.2, 0) is 14.3 Å². The van der Waals surface area contributed by atoms with Crippen LogP contribution in [0.15, 0.2) is 12.4 Å². The number of carbonyl (C=O) groups excluding carboxylic acids is 2. The van der Waals surface area contributed by atoms with Crippen molar-refractivity contribution in [1.82, 2.24) is 26.1 Å². The molecule has 0 spiro atoms. The van der Waals surface area contributed by atoms with Crippen molar-refractivity contribution in [2.75, 3.05) is 49.6 Å². The normalized spacial score (nSPS) is 30.5. The van der Waals surface area contributed by atoms with Crippen LogP contribution in [0.3, 0.4) is 0 Å². The molecule has 0 aliphatic carbocycles. The first kappa shape index (κ1) is 23.3. The monoisotopic (exact) mass is 480 g/mol. The summed E-state index contributed by atoms with van der Waals surface area (Å²) in [4.78, 5) is 31.4. The molecule has 0 aromatic carbocycles. The number of halogens is 2. The van der Waals surface area contributed by atoms with E-state index in [1.807, 2.05) is 4.90 Å². The number of nitrogens with zero attached hydrogens (tertiary/aromatic N) is 3. The highest BCUT2D eigenvalue weighted by molar-refractivity contribution is 5.96. The maximum Gasteiger partial charge on any atom is 0.233 e. The summed E-state index contributed by atoms with van der Waals surface area (Å²) < 4.78 is 33.7. The maximum atomic E-state index is 14.9. The zero-order valence-corrected chi connectivity index (χ0v) is 18.7. The van der Waals surface area contributed by atoms with Crippen molar-refractivity contribution in [3.63, 3.8) is 0 Å². The van der Waals surface area contributed by atoms with Crippen LogP contribution in [0, 0.1) is 17.7 Å². The third-order valence-corrected chi connectivity index (χ3v) is 6.92. The highest BCUT2D eigenvalue weighted by Crippen LogP contribution is 2.33. The molecule has 4 fully saturated rings. The number of ether oxygens (including phenoxy) is 1. The summed E-state index contributed by atoms with van der Waals surface area (Å²) in [6, 6.07) is 0.0757. The number of hydrogen-bond acceptors (Lipinski definition) is 9. The second-order valence-corrected chi connectivity index (χ2v) is 9.29. The largest absolute Gasteiger partial charge is 0.377 e. The van der Waals surface area contributed by atoms with Crippen molar-refractivity contribution in [3.05, 3.63) is 18.2 Å². The van der Waals surface area contributed by atoms with Gasteiger partial charge in [0.2, 0.25) is 11.8 Å². The first-order valence-electron chi connectivity index (χ1n) is 11.6. The molecule has 0 radical (unpaired) electrons. The number of aromatic nitrogens is 1. The molecule has 4 aliphatic rings. The quantitative estimate of drug-likeness (QED) is 0.355. The second-order valence-electron chi connectivity index (χ2n) is 9.29. The van der Waals surface area contributed by atoms with Gasteiger partial charge in [0.15, 0.2) is 5.82 Å². The van der Waals surface area contributed by atoms with Crippen LogP contribution in [0.1, 0.15) is 12.8 Å². The van der Waals surface area contributed by atoms with Gasteiger partial charge in [-0.1, -0.05) is 0 Å². The van der Waals surface area contributed by atoms with Gasteiger partial charge in [0.05, 0.1) is 55.6 Å². The van der Waals surface area contributed by atoms with E-state index in [1.165, 1.54) is 6.20 Å². The number of amides is 2. The van der Waals surface area contributed by atoms with E-state index in [4.69, 9.17) is 10.5 Å². The van der Waals surface area contributed by atoms with Crippen LogP contribution >= 0.6 is 0 Å². The van der Waals surface area contributed by atoms with Crippen LogP contribution in [0.25, 0.3) is 0 Å². The molecule has 5 heterocycles. The van der Waals surface area contributed by atoms with Crippen molar-refractivity contribution >= 4 is 23.2 Å². The highest BCUT2D eigenvalue weighted by Gasteiger charge is 2.47. The molecule has 2 amide bonds. The lowest BCUT2D eigenvalue weighted by molar-refractivity contribution is -0.129. The summed E-state index contributed by atoms with van der Waals surface area (Å²) in [5, 5.41) is 10.4. The van der Waals surface area contributed by atoms with E-state index in [2.05, 4.69) is 26.4 Å². The number of hydrogen-bond donors (Lipinski definition) is 5. The van der Waals surface area contributed by atoms with Gasteiger partial charge in [0.1, 0.15) is 11.9 Å². The average Bonchev–Trinajstić information content (AvgIpc) is 3.11. The molecule has 4 saturated heterocycles. The summed E-state index contributed by atoms with van der Waals surface area (Å²) in [7, 11) is 0. The first-order chi connectivity index (χ1) is 16.4. The number of anilines is 2. The molecule has 1 aromatic rings. The van der Waals surface area contributed by atoms with Crippen LogP contribution < -0.4 is 32.0 Å². The predicted octanol–water partition coefficient (Wildman–Crippen LogP) is -1.12. The highest BCUT2D eigenvalue weighted by atomic mass is 19.1. The van der Waals surface area contributed by atoms with Gasteiger partial charge in [-0.05, 0) is 12.8 Å². The van der Waals surface area contributed by atoms with E-state index in [9.17, 15) is 18.4 Å². The molecule has 11 nitrogen and oxygen atoms in total. The van der Waals surface area contributed by atoms with Crippen molar-refractivity contribution < 1.29 is 23.1 Å². The summed E-state index contributed by atoms with van der Waals surface area (Å²) in [5.74, 6) is -1.83. The number of nitrogens with one attached hydrogen (secondary N) is 4. The summed E-state index contributed by atoms with van der Waals surface area (Å²) in [5.41, 5.74) is 9.53. The minimum Gasteiger partial charge on any atom is -0.377 e. The topological polar surface area (TPSA) is 137 Å². The lowest BCUT2D eigenvalue weighted by atomic mass is 9.95. The smallest absolute Gasteiger partial charge is 0.233 e. The Morgan fingerprint density at radius 2 is 1.97 bits per heavy atom. The number of pyridine rings is 1. The molecule has 1 aromatic heterocycles. The van der Waals surface area contributed by atoms with Crippen molar-refractivity contribution in [3.8, 4) is 0 Å². The molecule has 4 unspecified atom stereocenters. The van der Waals surface area contributed by atoms with E-state index < -0.39 is 36.1 Å². The number of carbonyl (C=O) groups is 2. The Labute approximate surface area is 195 Å². The molecule has 6 N–H and O–H groups in total. The van der Waals surface area contributed by atoms with Gasteiger partial charge in [-0.3, -0.25) is 19.9 Å². The summed E-state index contributed by atoms with van der Waals surface area (Å²) in [6.45, 7) is 2.25. The zero-order chi connectivity index (χ0) is 23.8. The van der Waals surface area contributed by atoms with E-state index in [0.717, 1.165) is 6.20 Å². The van der Waals surface area contributed by atoms with Crippen LogP contribution in [0.5, 0.6) is 0 Å². The minimum absolute atomic E-state index is 0.000507. The molecule has 4 atom stereocenters. The standard InChI is InChI=1S/C21H30F2N8O3/c22-12-5-26-19-16(18(24)29-31(19)8-12)21(33)28-15-7-25-6-14(23)17(15)30-3-1-11(2-4-30)20(32)27-13-9-34-10-13/h6-7,11-13,16,18-19,26,29H,1-5,8-10,24H2,(H,27,32)(H,28,33). The Hall–Kier alpha value is -2.45. The van der Waals surface area contributed by atoms with E-state index in [-0.39, 0.29) is 42.3 Å². The van der Waals surface area contributed by atoms with E-state index in [0.29, 0.717) is 39.1 Å². The van der Waals surface area contributed by atoms with Crippen LogP contribution in [-0.4, -0.2) is 85.7 Å². The van der Waals surface area contributed by atoms with Gasteiger partial charge >= 0.3 is 0 Å². The number of fused-ring (bicyclic) bond motifs is 1. The average molecular weight is 481 g/mol. The Bertz CT molecular complexity index is 927. The molecule has 5 rings (SSSR count). The third-order valence-electron chi connectivity index (χ3n) is 6.92. The van der Waals surface area contributed by atoms with E-state index >= 15 is 0 Å². The SMILES string of the molecule is NC1NN2CC(F)CNC2C1C(=O)Nc1cncc(F)c1N1CCC(C(=O)NC2COC2)CC1. The Kier molecular flexibility index (Phi) is 6.62. The fraction of sp³-hybridized carbons (Fsp3) is 0.667. The number of nitrogens with two attached hydrogens (primary N) is 1. The number of hydrazine groups is 1. The second kappa shape index (κ2) is 9.66. The Morgan fingerprint density at radius 3 is 2.68 bits per heavy atom. The number of rotatable bonds is 5. The van der Waals surface area contributed by atoms with Gasteiger partial charge in [0, 0.05) is 32.1 Å². The van der Waals surface area contributed by atoms with Crippen molar-refractivity contribution in [1.29, 1.82) is 0 Å². The van der Waals surface area contributed by atoms with Gasteiger partial charge in [-0.15, -0.1) is 0 Å². The first-order valence-corrected chi connectivity index (χ1v) is 11.6. The Balaban J connectivity index is 1.25. The predicted molar refractivity (Wildman–Crippen MR) is 119 cm³/mol. The Morgan fingerprint density at radius 1 is 1.21 bits per heavy atom. The zero-order valence-electron chi connectivity index (χ0n) is 18.7. The molecule has 186 valence electrons. The van der Waals surface area contributed by atoms with Gasteiger partial charge in [-0.2, -0.15) is 0 Å². The minimum atomic E-state index is -1.07. The molecular formula is C21H30F2N8O3. The molecule has 4 aliphatic heterocycles. The fourth-order valence-corrected chi connectivity index (χ4v) is 5.04. The van der Waals surface area contributed by atoms with Gasteiger partial charge in [-0.25, -0.2) is 19.2 Å². The molecule has 34 heavy (non-hydrogen) atoms. The number of alkyl halides is 1. The fourth-order valence-electron chi connectivity index (χ4n) is 5.04. The van der Waals surface area contributed by atoms with Crippen LogP contribution in [0.4, 0.5) is 20.2 Å².